The number of benzene rings is 1. The molecule has 4 rings (SSSR count). The molecular weight excluding hydrogens is 464 g/mol. The van der Waals surface area contributed by atoms with Crippen LogP contribution >= 0.6 is 11.3 Å². The van der Waals surface area contributed by atoms with Gasteiger partial charge in [-0.3, -0.25) is 4.90 Å². The molecule has 1 aromatic carbocycles. The molecule has 3 heterocycles. The second kappa shape index (κ2) is 9.98. The third kappa shape index (κ3) is 5.75. The van der Waals surface area contributed by atoms with Crippen molar-refractivity contribution < 1.29 is 14.3 Å². The highest BCUT2D eigenvalue weighted by atomic mass is 32.1. The minimum atomic E-state index is -0.455. The second-order valence-electron chi connectivity index (χ2n) is 9.31. The summed E-state index contributed by atoms with van der Waals surface area (Å²) in [7, 11) is 0. The van der Waals surface area contributed by atoms with Gasteiger partial charge in [-0.25, -0.2) is 14.8 Å². The van der Waals surface area contributed by atoms with Crippen LogP contribution in [-0.4, -0.2) is 45.4 Å². The largest absolute Gasteiger partial charge is 0.447 e. The van der Waals surface area contributed by atoms with Gasteiger partial charge in [0.05, 0.1) is 35.1 Å². The number of thiazole rings is 1. The molecule has 0 unspecified atom stereocenters. The lowest BCUT2D eigenvalue weighted by atomic mass is 10.1. The highest BCUT2D eigenvalue weighted by Crippen LogP contribution is 2.29. The van der Waals surface area contributed by atoms with E-state index in [-0.39, 0.29) is 30.4 Å². The van der Waals surface area contributed by atoms with Crippen molar-refractivity contribution in [2.24, 2.45) is 0 Å². The number of ether oxygens (including phenoxy) is 2. The first kappa shape index (κ1) is 24.6. The van der Waals surface area contributed by atoms with Crippen LogP contribution in [0, 0.1) is 11.3 Å². The van der Waals surface area contributed by atoms with Crippen molar-refractivity contribution >= 4 is 29.2 Å². The van der Waals surface area contributed by atoms with Crippen molar-refractivity contribution in [2.45, 2.75) is 58.4 Å². The molecular formula is C25H28N6O3S. The van der Waals surface area contributed by atoms with Gasteiger partial charge in [-0.2, -0.15) is 10.2 Å². The average molecular weight is 493 g/mol. The van der Waals surface area contributed by atoms with E-state index >= 15 is 0 Å². The Bertz CT molecular complexity index is 1230. The molecule has 0 bridgehead atoms. The molecule has 1 N–H and O–H groups in total. The molecule has 182 valence electrons. The van der Waals surface area contributed by atoms with E-state index in [1.165, 1.54) is 16.2 Å². The molecule has 1 aliphatic heterocycles. The zero-order valence-corrected chi connectivity index (χ0v) is 21.2. The van der Waals surface area contributed by atoms with Crippen LogP contribution in [0.1, 0.15) is 51.2 Å². The molecule has 10 heteroatoms. The van der Waals surface area contributed by atoms with E-state index in [1.54, 1.807) is 24.4 Å². The number of carbonyl (C=O) groups is 1. The van der Waals surface area contributed by atoms with Crippen molar-refractivity contribution in [3.05, 3.63) is 52.5 Å². The molecule has 35 heavy (non-hydrogen) atoms. The van der Waals surface area contributed by atoms with E-state index in [4.69, 9.17) is 19.7 Å². The Morgan fingerprint density at radius 1 is 1.23 bits per heavy atom. The zero-order valence-electron chi connectivity index (χ0n) is 20.3. The molecule has 0 spiro atoms. The number of nitrogens with one attached hydrogen (secondary N) is 1. The minimum absolute atomic E-state index is 0.160. The summed E-state index contributed by atoms with van der Waals surface area (Å²) in [5.41, 5.74) is 2.05. The van der Waals surface area contributed by atoms with Gasteiger partial charge in [0, 0.05) is 17.1 Å². The number of rotatable bonds is 7. The van der Waals surface area contributed by atoms with Crippen LogP contribution in [0.4, 0.5) is 16.6 Å². The standard InChI is InChI=1S/C25H28N6O3S/c1-15(22-29-19(14-35-22)18-8-6-17(12-26)7-9-18)28-23-27-11-10-21(30-23)31-20(13-33-24(31)32)16(2)34-25(3,4)5/h6-11,14-16,20H,13H2,1-5H3,(H,27,28,30)/t15-,16+,20+/m0/s1. The smallest absolute Gasteiger partial charge is 0.416 e. The second-order valence-corrected chi connectivity index (χ2v) is 10.2. The van der Waals surface area contributed by atoms with Crippen LogP contribution in [0.25, 0.3) is 11.3 Å². The molecule has 3 atom stereocenters. The molecule has 9 nitrogen and oxygen atoms in total. The number of aromatic nitrogens is 3. The number of amides is 1. The van der Waals surface area contributed by atoms with Gasteiger partial charge in [-0.15, -0.1) is 11.3 Å². The molecule has 3 aromatic rings. The zero-order chi connectivity index (χ0) is 25.2. The number of cyclic esters (lactones) is 1. The quantitative estimate of drug-likeness (QED) is 0.480. The maximum absolute atomic E-state index is 12.5. The van der Waals surface area contributed by atoms with E-state index in [2.05, 4.69) is 21.4 Å². The summed E-state index contributed by atoms with van der Waals surface area (Å²) in [5.74, 6) is 0.830. The SMILES string of the molecule is C[C@H](Nc1nccc(N2C(=O)OC[C@@H]2[C@@H](C)OC(C)(C)C)n1)c1nc(-c2ccc(C#N)cc2)cs1. The lowest BCUT2D eigenvalue weighted by molar-refractivity contribution is -0.0618. The molecule has 1 aliphatic rings. The summed E-state index contributed by atoms with van der Waals surface area (Å²) in [6, 6.07) is 10.7. The summed E-state index contributed by atoms with van der Waals surface area (Å²) in [6.07, 6.45) is 0.908. The van der Waals surface area contributed by atoms with E-state index in [0.29, 0.717) is 17.3 Å². The number of nitriles is 1. The van der Waals surface area contributed by atoms with Gasteiger partial charge in [0.1, 0.15) is 23.5 Å². The molecule has 2 aromatic heterocycles. The van der Waals surface area contributed by atoms with Gasteiger partial charge in [-0.05, 0) is 52.8 Å². The van der Waals surface area contributed by atoms with Crippen LogP contribution in [0.15, 0.2) is 41.9 Å². The lowest BCUT2D eigenvalue weighted by Gasteiger charge is -2.31. The van der Waals surface area contributed by atoms with Crippen LogP contribution in [-0.2, 0) is 9.47 Å². The van der Waals surface area contributed by atoms with E-state index in [0.717, 1.165) is 16.3 Å². The van der Waals surface area contributed by atoms with Gasteiger partial charge in [0.2, 0.25) is 5.95 Å². The lowest BCUT2D eigenvalue weighted by Crippen LogP contribution is -2.45. The van der Waals surface area contributed by atoms with Crippen molar-refractivity contribution in [3.8, 4) is 17.3 Å². The van der Waals surface area contributed by atoms with Gasteiger partial charge in [0.25, 0.3) is 0 Å². The van der Waals surface area contributed by atoms with Crippen molar-refractivity contribution in [3.63, 3.8) is 0 Å². The number of nitrogens with zero attached hydrogens (tertiary/aromatic N) is 5. The molecule has 1 amide bonds. The predicted octanol–water partition coefficient (Wildman–Crippen LogP) is 5.17. The maximum Gasteiger partial charge on any atom is 0.416 e. The Hall–Kier alpha value is -3.55. The number of carbonyl (C=O) groups excluding carboxylic acids is 1. The maximum atomic E-state index is 12.5. The van der Waals surface area contributed by atoms with Crippen LogP contribution in [0.2, 0.25) is 0 Å². The van der Waals surface area contributed by atoms with E-state index < -0.39 is 6.09 Å². The average Bonchev–Trinajstić information content (AvgIpc) is 3.45. The monoisotopic (exact) mass is 492 g/mol. The Balaban J connectivity index is 1.48. The third-order valence-corrected chi connectivity index (χ3v) is 6.45. The minimum Gasteiger partial charge on any atom is -0.447 e. The Kier molecular flexibility index (Phi) is 7.00. The fourth-order valence-electron chi connectivity index (χ4n) is 3.82. The summed E-state index contributed by atoms with van der Waals surface area (Å²) in [5, 5.41) is 15.1. The van der Waals surface area contributed by atoms with Crippen molar-refractivity contribution in [1.29, 1.82) is 5.26 Å². The highest BCUT2D eigenvalue weighted by molar-refractivity contribution is 7.10. The molecule has 0 radical (unpaired) electrons. The Morgan fingerprint density at radius 2 is 1.97 bits per heavy atom. The van der Waals surface area contributed by atoms with Crippen LogP contribution in [0.3, 0.4) is 0 Å². The fraction of sp³-hybridized carbons (Fsp3) is 0.400. The summed E-state index contributed by atoms with van der Waals surface area (Å²) >= 11 is 1.53. The normalized spacial score (nSPS) is 17.5. The Morgan fingerprint density at radius 3 is 2.66 bits per heavy atom. The van der Waals surface area contributed by atoms with Crippen molar-refractivity contribution in [2.75, 3.05) is 16.8 Å². The van der Waals surface area contributed by atoms with Gasteiger partial charge < -0.3 is 14.8 Å². The molecule has 0 saturated carbocycles. The first-order chi connectivity index (χ1) is 16.6. The van der Waals surface area contributed by atoms with Crippen LogP contribution in [0.5, 0.6) is 0 Å². The highest BCUT2D eigenvalue weighted by Gasteiger charge is 2.40. The van der Waals surface area contributed by atoms with Crippen LogP contribution < -0.4 is 10.2 Å². The van der Waals surface area contributed by atoms with Crippen molar-refractivity contribution in [1.82, 2.24) is 15.0 Å². The molecule has 1 saturated heterocycles. The summed E-state index contributed by atoms with van der Waals surface area (Å²) in [6.45, 7) is 10.1. The molecule has 1 fully saturated rings. The summed E-state index contributed by atoms with van der Waals surface area (Å²) < 4.78 is 11.4. The predicted molar refractivity (Wildman–Crippen MR) is 134 cm³/mol. The van der Waals surface area contributed by atoms with E-state index in [9.17, 15) is 4.79 Å². The fourth-order valence-corrected chi connectivity index (χ4v) is 4.66. The number of hydrogen-bond donors (Lipinski definition) is 1. The number of hydrogen-bond acceptors (Lipinski definition) is 9. The topological polar surface area (TPSA) is 113 Å². The first-order valence-electron chi connectivity index (χ1n) is 11.3. The van der Waals surface area contributed by atoms with E-state index in [1.807, 2.05) is 52.1 Å². The third-order valence-electron chi connectivity index (χ3n) is 5.42. The van der Waals surface area contributed by atoms with Gasteiger partial charge in [0.15, 0.2) is 0 Å². The Labute approximate surface area is 208 Å². The number of anilines is 2. The van der Waals surface area contributed by atoms with Gasteiger partial charge >= 0.3 is 6.09 Å². The molecule has 0 aliphatic carbocycles. The summed E-state index contributed by atoms with van der Waals surface area (Å²) in [4.78, 5) is 27.7. The van der Waals surface area contributed by atoms with Gasteiger partial charge in [-0.1, -0.05) is 12.1 Å². The first-order valence-corrected chi connectivity index (χ1v) is 12.2.